The number of hydrogen-bond donors (Lipinski definition) is 2. The van der Waals surface area contributed by atoms with Gasteiger partial charge in [-0.15, -0.1) is 0 Å². The summed E-state index contributed by atoms with van der Waals surface area (Å²) in [5, 5.41) is 4.15. The summed E-state index contributed by atoms with van der Waals surface area (Å²) in [5.74, 6) is 1.35. The molecule has 0 aliphatic carbocycles. The van der Waals surface area contributed by atoms with Crippen LogP contribution in [0.25, 0.3) is 10.9 Å². The van der Waals surface area contributed by atoms with Crippen molar-refractivity contribution in [1.82, 2.24) is 4.98 Å². The normalized spacial score (nSPS) is 12.0. The number of fused-ring (bicyclic) bond motifs is 1. The number of aromatic amines is 1. The van der Waals surface area contributed by atoms with E-state index in [-0.39, 0.29) is 5.78 Å². The summed E-state index contributed by atoms with van der Waals surface area (Å²) in [7, 11) is 3.19. The first-order valence-electron chi connectivity index (χ1n) is 7.73. The Morgan fingerprint density at radius 3 is 2.67 bits per heavy atom. The van der Waals surface area contributed by atoms with E-state index < -0.39 is 6.04 Å². The predicted molar refractivity (Wildman–Crippen MR) is 95.3 cm³/mol. The topological polar surface area (TPSA) is 63.3 Å². The fourth-order valence-corrected chi connectivity index (χ4v) is 2.73. The monoisotopic (exact) mass is 324 g/mol. The Morgan fingerprint density at radius 1 is 1.12 bits per heavy atom. The van der Waals surface area contributed by atoms with Crippen molar-refractivity contribution < 1.29 is 14.3 Å². The molecule has 5 heteroatoms. The van der Waals surface area contributed by atoms with Gasteiger partial charge in [0.2, 0.25) is 0 Å². The first-order valence-corrected chi connectivity index (χ1v) is 7.73. The maximum absolute atomic E-state index is 12.8. The fraction of sp³-hybridized carbons (Fsp3) is 0.211. The number of ether oxygens (including phenoxy) is 2. The molecule has 0 amide bonds. The van der Waals surface area contributed by atoms with Crippen LogP contribution >= 0.6 is 0 Å². The summed E-state index contributed by atoms with van der Waals surface area (Å²) >= 11 is 0. The molecule has 24 heavy (non-hydrogen) atoms. The zero-order valence-electron chi connectivity index (χ0n) is 13.9. The van der Waals surface area contributed by atoms with Gasteiger partial charge < -0.3 is 19.8 Å². The number of Topliss-reactive ketones (excluding diaryl/α,β-unsaturated/α-hetero) is 1. The van der Waals surface area contributed by atoms with E-state index in [2.05, 4.69) is 10.3 Å². The molecule has 0 aliphatic heterocycles. The quantitative estimate of drug-likeness (QED) is 0.676. The Morgan fingerprint density at radius 2 is 1.92 bits per heavy atom. The minimum Gasteiger partial charge on any atom is -0.497 e. The van der Waals surface area contributed by atoms with E-state index in [0.29, 0.717) is 17.1 Å². The molecule has 3 aromatic rings. The number of carbonyl (C=O) groups is 1. The maximum Gasteiger partial charge on any atom is 0.186 e. The van der Waals surface area contributed by atoms with E-state index in [1.807, 2.05) is 43.3 Å². The smallest absolute Gasteiger partial charge is 0.186 e. The van der Waals surface area contributed by atoms with Crippen LogP contribution in [0.3, 0.4) is 0 Å². The lowest BCUT2D eigenvalue weighted by Gasteiger charge is -2.17. The number of nitrogens with one attached hydrogen (secondary N) is 2. The number of hydrogen-bond acceptors (Lipinski definition) is 4. The number of anilines is 1. The van der Waals surface area contributed by atoms with Gasteiger partial charge in [-0.2, -0.15) is 0 Å². The van der Waals surface area contributed by atoms with Crippen molar-refractivity contribution in [1.29, 1.82) is 0 Å². The van der Waals surface area contributed by atoms with E-state index in [1.54, 1.807) is 26.5 Å². The number of methoxy groups -OCH3 is 2. The predicted octanol–water partition coefficient (Wildman–Crippen LogP) is 3.87. The molecule has 2 N–H and O–H groups in total. The highest BCUT2D eigenvalue weighted by molar-refractivity contribution is 6.11. The second-order valence-corrected chi connectivity index (χ2v) is 5.54. The van der Waals surface area contributed by atoms with Crippen molar-refractivity contribution in [2.24, 2.45) is 0 Å². The standard InChI is InChI=1S/C19H20N2O3/c1-12(21-17-9-8-13(23-2)10-18(17)24-3)19(22)15-11-20-16-7-5-4-6-14(15)16/h4-12,20-21H,1-3H3/t12-/m0/s1. The van der Waals surface area contributed by atoms with Crippen LogP contribution < -0.4 is 14.8 Å². The third-order valence-electron chi connectivity index (χ3n) is 4.03. The second-order valence-electron chi connectivity index (χ2n) is 5.54. The highest BCUT2D eigenvalue weighted by Gasteiger charge is 2.19. The van der Waals surface area contributed by atoms with Gasteiger partial charge in [0.05, 0.1) is 25.9 Å². The summed E-state index contributed by atoms with van der Waals surface area (Å²) in [6, 6.07) is 12.8. The van der Waals surface area contributed by atoms with Crippen molar-refractivity contribution in [2.75, 3.05) is 19.5 Å². The molecular weight excluding hydrogens is 304 g/mol. The number of rotatable bonds is 6. The molecule has 0 saturated heterocycles. The highest BCUT2D eigenvalue weighted by atomic mass is 16.5. The third kappa shape index (κ3) is 2.93. The van der Waals surface area contributed by atoms with Gasteiger partial charge in [-0.05, 0) is 25.1 Å². The largest absolute Gasteiger partial charge is 0.497 e. The maximum atomic E-state index is 12.8. The SMILES string of the molecule is COc1ccc(N[C@@H](C)C(=O)c2c[nH]c3ccccc23)c(OC)c1. The summed E-state index contributed by atoms with van der Waals surface area (Å²) in [6.07, 6.45) is 1.76. The number of aromatic nitrogens is 1. The van der Waals surface area contributed by atoms with Gasteiger partial charge in [0, 0.05) is 28.7 Å². The highest BCUT2D eigenvalue weighted by Crippen LogP contribution is 2.30. The summed E-state index contributed by atoms with van der Waals surface area (Å²) in [5.41, 5.74) is 2.38. The van der Waals surface area contributed by atoms with E-state index in [9.17, 15) is 4.79 Å². The van der Waals surface area contributed by atoms with Gasteiger partial charge in [-0.1, -0.05) is 18.2 Å². The Balaban J connectivity index is 1.84. The third-order valence-corrected chi connectivity index (χ3v) is 4.03. The minimum atomic E-state index is -0.397. The first kappa shape index (κ1) is 15.9. The van der Waals surface area contributed by atoms with Crippen molar-refractivity contribution in [3.05, 3.63) is 54.2 Å². The van der Waals surface area contributed by atoms with Gasteiger partial charge in [-0.25, -0.2) is 0 Å². The van der Waals surface area contributed by atoms with Crippen molar-refractivity contribution in [2.45, 2.75) is 13.0 Å². The lowest BCUT2D eigenvalue weighted by Crippen LogP contribution is -2.26. The summed E-state index contributed by atoms with van der Waals surface area (Å²) in [4.78, 5) is 15.9. The molecule has 1 heterocycles. The fourth-order valence-electron chi connectivity index (χ4n) is 2.73. The van der Waals surface area contributed by atoms with Crippen LogP contribution in [-0.4, -0.2) is 31.0 Å². The molecular formula is C19H20N2O3. The molecule has 5 nitrogen and oxygen atoms in total. The Bertz CT molecular complexity index is 870. The molecule has 2 aromatic carbocycles. The van der Waals surface area contributed by atoms with Crippen molar-refractivity contribution >= 4 is 22.4 Å². The van der Waals surface area contributed by atoms with Crippen LogP contribution in [0.1, 0.15) is 17.3 Å². The molecule has 3 rings (SSSR count). The van der Waals surface area contributed by atoms with Crippen molar-refractivity contribution in [3.8, 4) is 11.5 Å². The molecule has 0 fully saturated rings. The number of carbonyl (C=O) groups excluding carboxylic acids is 1. The second kappa shape index (κ2) is 6.66. The molecule has 0 bridgehead atoms. The Kier molecular flexibility index (Phi) is 4.42. The van der Waals surface area contributed by atoms with Crippen molar-refractivity contribution in [3.63, 3.8) is 0 Å². The zero-order valence-corrected chi connectivity index (χ0v) is 13.9. The van der Waals surface area contributed by atoms with Crippen LogP contribution in [0.15, 0.2) is 48.7 Å². The summed E-state index contributed by atoms with van der Waals surface area (Å²) < 4.78 is 10.6. The van der Waals surface area contributed by atoms with Gasteiger partial charge in [0.1, 0.15) is 11.5 Å². The number of ketones is 1. The molecule has 0 aliphatic rings. The Labute approximate surface area is 140 Å². The van der Waals surface area contributed by atoms with Gasteiger partial charge in [-0.3, -0.25) is 4.79 Å². The molecule has 0 saturated carbocycles. The Hall–Kier alpha value is -2.95. The van der Waals surface area contributed by atoms with Crippen LogP contribution in [0.5, 0.6) is 11.5 Å². The van der Waals surface area contributed by atoms with Gasteiger partial charge >= 0.3 is 0 Å². The molecule has 0 unspecified atom stereocenters. The molecule has 124 valence electrons. The number of H-pyrrole nitrogens is 1. The first-order chi connectivity index (χ1) is 11.6. The molecule has 1 aromatic heterocycles. The number of benzene rings is 2. The van der Waals surface area contributed by atoms with Gasteiger partial charge in [0.15, 0.2) is 5.78 Å². The molecule has 0 spiro atoms. The van der Waals surface area contributed by atoms with Gasteiger partial charge in [0.25, 0.3) is 0 Å². The molecule has 1 atom stereocenters. The zero-order chi connectivity index (χ0) is 17.1. The minimum absolute atomic E-state index is 0.0188. The van der Waals surface area contributed by atoms with Crippen LogP contribution in [0.4, 0.5) is 5.69 Å². The van der Waals surface area contributed by atoms with E-state index in [4.69, 9.17) is 9.47 Å². The van der Waals surface area contributed by atoms with E-state index >= 15 is 0 Å². The van der Waals surface area contributed by atoms with Crippen LogP contribution in [0.2, 0.25) is 0 Å². The number of para-hydroxylation sites is 1. The lowest BCUT2D eigenvalue weighted by molar-refractivity contribution is 0.0977. The lowest BCUT2D eigenvalue weighted by atomic mass is 10.0. The molecule has 0 radical (unpaired) electrons. The van der Waals surface area contributed by atoms with Crippen LogP contribution in [-0.2, 0) is 0 Å². The average Bonchev–Trinajstić information content (AvgIpc) is 3.05. The van der Waals surface area contributed by atoms with Crippen LogP contribution in [0, 0.1) is 0 Å². The summed E-state index contributed by atoms with van der Waals surface area (Å²) in [6.45, 7) is 1.84. The van der Waals surface area contributed by atoms with E-state index in [1.165, 1.54) is 0 Å². The van der Waals surface area contributed by atoms with E-state index in [0.717, 1.165) is 16.6 Å². The average molecular weight is 324 g/mol.